The van der Waals surface area contributed by atoms with Gasteiger partial charge in [0.25, 0.3) is 0 Å². The van der Waals surface area contributed by atoms with Gasteiger partial charge in [0.2, 0.25) is 0 Å². The molecule has 3 aromatic rings. The minimum atomic E-state index is -0.0175. The van der Waals surface area contributed by atoms with Crippen LogP contribution in [0.3, 0.4) is 0 Å². The minimum absolute atomic E-state index is 0.0175. The van der Waals surface area contributed by atoms with E-state index in [2.05, 4.69) is 51.6 Å². The van der Waals surface area contributed by atoms with E-state index in [9.17, 15) is 0 Å². The summed E-state index contributed by atoms with van der Waals surface area (Å²) in [5.74, 6) is 0.808. The van der Waals surface area contributed by atoms with E-state index in [1.165, 1.54) is 11.1 Å². The first-order chi connectivity index (χ1) is 11.8. The fraction of sp³-hybridized carbons (Fsp3) is 0.389. The van der Waals surface area contributed by atoms with Crippen LogP contribution in [0.15, 0.2) is 36.8 Å². The molecule has 124 valence electrons. The van der Waals surface area contributed by atoms with Crippen LogP contribution in [0, 0.1) is 6.92 Å². The summed E-state index contributed by atoms with van der Waals surface area (Å²) in [5.41, 5.74) is 3.30. The number of aromatic nitrogens is 4. The van der Waals surface area contributed by atoms with E-state index in [-0.39, 0.29) is 6.23 Å². The van der Waals surface area contributed by atoms with Gasteiger partial charge in [0.05, 0.1) is 11.6 Å². The maximum absolute atomic E-state index is 5.83. The molecular formula is C18H21N5O. The van der Waals surface area contributed by atoms with Gasteiger partial charge >= 0.3 is 0 Å². The van der Waals surface area contributed by atoms with Crippen LogP contribution in [-0.2, 0) is 11.3 Å². The van der Waals surface area contributed by atoms with Crippen LogP contribution in [0.4, 0.5) is 5.82 Å². The highest BCUT2D eigenvalue weighted by atomic mass is 16.5. The average molecular weight is 323 g/mol. The van der Waals surface area contributed by atoms with Crippen molar-refractivity contribution in [3.8, 4) is 0 Å². The van der Waals surface area contributed by atoms with E-state index in [1.54, 1.807) is 6.33 Å². The molecule has 0 spiro atoms. The standard InChI is InChI=1S/C18H21N5O/c1-13-5-7-14(8-6-13)10-19-17-15-11-22-23(18(15)21-12-20-17)16-4-2-3-9-24-16/h5-8,11-12,16H,2-4,9-10H2,1H3,(H,19,20,21)/t16-/m0/s1. The lowest BCUT2D eigenvalue weighted by molar-refractivity contribution is -0.0370. The van der Waals surface area contributed by atoms with Crippen molar-refractivity contribution >= 4 is 16.9 Å². The van der Waals surface area contributed by atoms with Crippen molar-refractivity contribution in [2.75, 3.05) is 11.9 Å². The minimum Gasteiger partial charge on any atom is -0.365 e. The molecule has 3 heterocycles. The third kappa shape index (κ3) is 2.97. The normalized spacial score (nSPS) is 18.0. The molecule has 6 nitrogen and oxygen atoms in total. The first-order valence-electron chi connectivity index (χ1n) is 8.40. The number of fused-ring (bicyclic) bond motifs is 1. The number of hydrogen-bond donors (Lipinski definition) is 1. The fourth-order valence-electron chi connectivity index (χ4n) is 3.02. The predicted octanol–water partition coefficient (Wildman–Crippen LogP) is 3.45. The number of aryl methyl sites for hydroxylation is 1. The lowest BCUT2D eigenvalue weighted by atomic mass is 10.1. The van der Waals surface area contributed by atoms with Crippen LogP contribution in [0.2, 0.25) is 0 Å². The number of nitrogens with one attached hydrogen (secondary N) is 1. The number of nitrogens with zero attached hydrogens (tertiary/aromatic N) is 4. The van der Waals surface area contributed by atoms with Crippen molar-refractivity contribution in [3.63, 3.8) is 0 Å². The molecule has 1 atom stereocenters. The summed E-state index contributed by atoms with van der Waals surface area (Å²) < 4.78 is 7.71. The van der Waals surface area contributed by atoms with E-state index in [0.717, 1.165) is 49.3 Å². The lowest BCUT2D eigenvalue weighted by Crippen LogP contribution is -2.19. The molecule has 1 aromatic carbocycles. The van der Waals surface area contributed by atoms with Crippen molar-refractivity contribution < 1.29 is 4.74 Å². The molecule has 4 rings (SSSR count). The highest BCUT2D eigenvalue weighted by Crippen LogP contribution is 2.27. The molecule has 24 heavy (non-hydrogen) atoms. The molecule has 6 heteroatoms. The Morgan fingerprint density at radius 3 is 2.88 bits per heavy atom. The zero-order valence-corrected chi connectivity index (χ0v) is 13.8. The zero-order valence-electron chi connectivity index (χ0n) is 13.8. The van der Waals surface area contributed by atoms with E-state index in [1.807, 2.05) is 10.9 Å². The maximum Gasteiger partial charge on any atom is 0.165 e. The van der Waals surface area contributed by atoms with Crippen LogP contribution in [0.1, 0.15) is 36.6 Å². The molecule has 1 fully saturated rings. The summed E-state index contributed by atoms with van der Waals surface area (Å²) in [7, 11) is 0. The quantitative estimate of drug-likeness (QED) is 0.796. The third-order valence-corrected chi connectivity index (χ3v) is 4.40. The van der Waals surface area contributed by atoms with Gasteiger partial charge < -0.3 is 10.1 Å². The molecule has 0 unspecified atom stereocenters. The van der Waals surface area contributed by atoms with Gasteiger partial charge in [-0.25, -0.2) is 14.6 Å². The maximum atomic E-state index is 5.83. The Kier molecular flexibility index (Phi) is 4.13. The molecule has 0 bridgehead atoms. The highest BCUT2D eigenvalue weighted by molar-refractivity contribution is 5.86. The Balaban J connectivity index is 1.57. The number of anilines is 1. The fourth-order valence-corrected chi connectivity index (χ4v) is 3.02. The van der Waals surface area contributed by atoms with Crippen LogP contribution in [-0.4, -0.2) is 26.4 Å². The van der Waals surface area contributed by atoms with Crippen LogP contribution >= 0.6 is 0 Å². The van der Waals surface area contributed by atoms with Gasteiger partial charge in [-0.3, -0.25) is 0 Å². The zero-order chi connectivity index (χ0) is 16.4. The molecule has 0 radical (unpaired) electrons. The van der Waals surface area contributed by atoms with Crippen LogP contribution < -0.4 is 5.32 Å². The Morgan fingerprint density at radius 1 is 1.21 bits per heavy atom. The van der Waals surface area contributed by atoms with Crippen LogP contribution in [0.25, 0.3) is 11.0 Å². The summed E-state index contributed by atoms with van der Waals surface area (Å²) >= 11 is 0. The second kappa shape index (κ2) is 6.57. The van der Waals surface area contributed by atoms with Crippen molar-refractivity contribution in [1.29, 1.82) is 0 Å². The Labute approximate surface area is 140 Å². The van der Waals surface area contributed by atoms with Gasteiger partial charge in [-0.05, 0) is 31.7 Å². The topological polar surface area (TPSA) is 64.9 Å². The molecule has 1 aliphatic rings. The van der Waals surface area contributed by atoms with Gasteiger partial charge in [-0.15, -0.1) is 0 Å². The van der Waals surface area contributed by atoms with Crippen molar-refractivity contribution in [2.24, 2.45) is 0 Å². The Hall–Kier alpha value is -2.47. The van der Waals surface area contributed by atoms with E-state index in [4.69, 9.17) is 4.74 Å². The highest BCUT2D eigenvalue weighted by Gasteiger charge is 2.20. The monoisotopic (exact) mass is 323 g/mol. The number of hydrogen-bond acceptors (Lipinski definition) is 5. The van der Waals surface area contributed by atoms with Crippen LogP contribution in [0.5, 0.6) is 0 Å². The third-order valence-electron chi connectivity index (χ3n) is 4.40. The Bertz CT molecular complexity index is 821. The van der Waals surface area contributed by atoms with Crippen molar-refractivity contribution in [3.05, 3.63) is 47.9 Å². The van der Waals surface area contributed by atoms with Gasteiger partial charge in [0.15, 0.2) is 11.9 Å². The largest absolute Gasteiger partial charge is 0.365 e. The first kappa shape index (κ1) is 15.1. The molecular weight excluding hydrogens is 302 g/mol. The summed E-state index contributed by atoms with van der Waals surface area (Å²) in [5, 5.41) is 8.82. The van der Waals surface area contributed by atoms with Gasteiger partial charge in [-0.1, -0.05) is 29.8 Å². The second-order valence-corrected chi connectivity index (χ2v) is 6.21. The average Bonchev–Trinajstić information content (AvgIpc) is 3.07. The predicted molar refractivity (Wildman–Crippen MR) is 92.7 cm³/mol. The molecule has 1 saturated heterocycles. The SMILES string of the molecule is Cc1ccc(CNc2ncnc3c2cnn3[C@@H]2CCCCO2)cc1. The smallest absolute Gasteiger partial charge is 0.165 e. The molecule has 0 saturated carbocycles. The van der Waals surface area contributed by atoms with Crippen molar-refractivity contribution in [1.82, 2.24) is 19.7 Å². The lowest BCUT2D eigenvalue weighted by Gasteiger charge is -2.22. The molecule has 0 amide bonds. The summed E-state index contributed by atoms with van der Waals surface area (Å²) in [4.78, 5) is 8.79. The van der Waals surface area contributed by atoms with E-state index in [0.29, 0.717) is 0 Å². The molecule has 1 aliphatic heterocycles. The number of ether oxygens (including phenoxy) is 1. The Morgan fingerprint density at radius 2 is 2.08 bits per heavy atom. The van der Waals surface area contributed by atoms with Gasteiger partial charge in [0, 0.05) is 13.2 Å². The summed E-state index contributed by atoms with van der Waals surface area (Å²) in [6.07, 6.45) is 6.65. The van der Waals surface area contributed by atoms with E-state index < -0.39 is 0 Å². The number of benzene rings is 1. The van der Waals surface area contributed by atoms with Crippen molar-refractivity contribution in [2.45, 2.75) is 39.0 Å². The van der Waals surface area contributed by atoms with Gasteiger partial charge in [0.1, 0.15) is 12.1 Å². The second-order valence-electron chi connectivity index (χ2n) is 6.21. The summed E-state index contributed by atoms with van der Waals surface area (Å²) in [6.45, 7) is 3.60. The molecule has 2 aromatic heterocycles. The first-order valence-corrected chi connectivity index (χ1v) is 8.40. The van der Waals surface area contributed by atoms with Gasteiger partial charge in [-0.2, -0.15) is 5.10 Å². The summed E-state index contributed by atoms with van der Waals surface area (Å²) in [6, 6.07) is 8.48. The van der Waals surface area contributed by atoms with E-state index >= 15 is 0 Å². The molecule has 1 N–H and O–H groups in total. The number of rotatable bonds is 4. The molecule has 0 aliphatic carbocycles.